The number of amides is 2. The third kappa shape index (κ3) is 5.66. The van der Waals surface area contributed by atoms with Gasteiger partial charge in [0.05, 0.1) is 24.6 Å². The molecular weight excluding hydrogens is 404 g/mol. The first-order chi connectivity index (χ1) is 15.4. The molecule has 0 aliphatic carbocycles. The van der Waals surface area contributed by atoms with Crippen LogP contribution in [0.25, 0.3) is 0 Å². The summed E-state index contributed by atoms with van der Waals surface area (Å²) < 4.78 is 11.5. The Bertz CT molecular complexity index is 1090. The third-order valence-electron chi connectivity index (χ3n) is 4.70. The zero-order chi connectivity index (χ0) is 23.1. The van der Waals surface area contributed by atoms with Crippen molar-refractivity contribution in [2.45, 2.75) is 27.7 Å². The van der Waals surface area contributed by atoms with Crippen LogP contribution in [0.4, 0.5) is 11.4 Å². The maximum Gasteiger partial charge on any atom is 0.255 e. The number of hydrogen-bond donors (Lipinski definition) is 2. The summed E-state index contributed by atoms with van der Waals surface area (Å²) in [7, 11) is 0. The lowest BCUT2D eigenvalue weighted by Crippen LogP contribution is -2.16. The van der Waals surface area contributed by atoms with Gasteiger partial charge >= 0.3 is 0 Å². The number of aryl methyl sites for hydroxylation is 2. The Morgan fingerprint density at radius 3 is 1.62 bits per heavy atom. The lowest BCUT2D eigenvalue weighted by atomic mass is 10.1. The molecule has 0 heterocycles. The van der Waals surface area contributed by atoms with Gasteiger partial charge in [-0.25, -0.2) is 0 Å². The molecule has 0 aliphatic heterocycles. The molecule has 3 aromatic carbocycles. The Kier molecular flexibility index (Phi) is 7.49. The van der Waals surface area contributed by atoms with Crippen molar-refractivity contribution in [2.75, 3.05) is 23.8 Å². The Morgan fingerprint density at radius 1 is 0.688 bits per heavy atom. The average molecular weight is 433 g/mol. The van der Waals surface area contributed by atoms with E-state index in [1.165, 1.54) is 0 Å². The fourth-order valence-electron chi connectivity index (χ4n) is 3.39. The summed E-state index contributed by atoms with van der Waals surface area (Å²) in [6, 6.07) is 18.0. The smallest absolute Gasteiger partial charge is 0.255 e. The SMILES string of the molecule is CCOc1cc(NC(=O)c2cc(C)cc(C)c2)c(OCC)cc1NC(=O)c1ccccc1. The molecule has 6 heteroatoms. The van der Waals surface area contributed by atoms with Crippen LogP contribution in [-0.2, 0) is 0 Å². The number of anilines is 2. The van der Waals surface area contributed by atoms with Gasteiger partial charge in [-0.05, 0) is 52.0 Å². The second-order valence-corrected chi connectivity index (χ2v) is 7.36. The van der Waals surface area contributed by atoms with Crippen molar-refractivity contribution in [2.24, 2.45) is 0 Å². The monoisotopic (exact) mass is 432 g/mol. The molecule has 0 unspecified atom stereocenters. The summed E-state index contributed by atoms with van der Waals surface area (Å²) in [5, 5.41) is 5.80. The Balaban J connectivity index is 1.94. The highest BCUT2D eigenvalue weighted by Gasteiger charge is 2.17. The van der Waals surface area contributed by atoms with E-state index < -0.39 is 0 Å². The van der Waals surface area contributed by atoms with Crippen LogP contribution in [0.1, 0.15) is 45.7 Å². The lowest BCUT2D eigenvalue weighted by molar-refractivity contribution is 0.101. The minimum atomic E-state index is -0.263. The van der Waals surface area contributed by atoms with Gasteiger partial charge in [0.15, 0.2) is 0 Å². The van der Waals surface area contributed by atoms with Crippen LogP contribution in [0.15, 0.2) is 60.7 Å². The molecule has 0 atom stereocenters. The lowest BCUT2D eigenvalue weighted by Gasteiger charge is -2.18. The maximum atomic E-state index is 12.9. The molecule has 6 nitrogen and oxygen atoms in total. The molecule has 0 saturated heterocycles. The van der Waals surface area contributed by atoms with Crippen LogP contribution in [0, 0.1) is 13.8 Å². The molecular formula is C26H28N2O4. The summed E-state index contributed by atoms with van der Waals surface area (Å²) >= 11 is 0. The first-order valence-corrected chi connectivity index (χ1v) is 10.6. The van der Waals surface area contributed by atoms with Crippen LogP contribution in [0.2, 0.25) is 0 Å². The molecule has 0 bridgehead atoms. The van der Waals surface area contributed by atoms with Crippen molar-refractivity contribution >= 4 is 23.2 Å². The second kappa shape index (κ2) is 10.5. The molecule has 0 saturated carbocycles. The number of carbonyl (C=O) groups is 2. The van der Waals surface area contributed by atoms with Crippen LogP contribution < -0.4 is 20.1 Å². The van der Waals surface area contributed by atoms with Crippen LogP contribution in [0.5, 0.6) is 11.5 Å². The van der Waals surface area contributed by atoms with E-state index in [1.807, 2.05) is 52.0 Å². The molecule has 3 rings (SSSR count). The van der Waals surface area contributed by atoms with Gasteiger partial charge in [0.1, 0.15) is 11.5 Å². The van der Waals surface area contributed by atoms with Crippen molar-refractivity contribution in [1.82, 2.24) is 0 Å². The molecule has 32 heavy (non-hydrogen) atoms. The van der Waals surface area contributed by atoms with E-state index in [0.717, 1.165) is 11.1 Å². The molecule has 0 aromatic heterocycles. The number of nitrogens with one attached hydrogen (secondary N) is 2. The standard InChI is InChI=1S/C26H28N2O4/c1-5-31-23-16-22(28-26(30)20-13-17(3)12-18(4)14-20)24(32-6-2)15-21(23)27-25(29)19-10-8-7-9-11-19/h7-16H,5-6H2,1-4H3,(H,27,29)(H,28,30). The minimum absolute atomic E-state index is 0.249. The molecule has 0 spiro atoms. The van der Waals surface area contributed by atoms with E-state index in [1.54, 1.807) is 36.4 Å². The van der Waals surface area contributed by atoms with Crippen molar-refractivity contribution in [3.63, 3.8) is 0 Å². The molecule has 0 aliphatic rings. The highest BCUT2D eigenvalue weighted by Crippen LogP contribution is 2.37. The predicted molar refractivity (Wildman–Crippen MR) is 127 cm³/mol. The van der Waals surface area contributed by atoms with E-state index >= 15 is 0 Å². The maximum absolute atomic E-state index is 12.9. The quantitative estimate of drug-likeness (QED) is 0.485. The van der Waals surface area contributed by atoms with Gasteiger partial charge in [0, 0.05) is 23.3 Å². The number of hydrogen-bond acceptors (Lipinski definition) is 4. The molecule has 0 fully saturated rings. The van der Waals surface area contributed by atoms with Gasteiger partial charge in [-0.2, -0.15) is 0 Å². The van der Waals surface area contributed by atoms with Gasteiger partial charge in [0.2, 0.25) is 0 Å². The largest absolute Gasteiger partial charge is 0.492 e. The highest BCUT2D eigenvalue weighted by molar-refractivity contribution is 6.07. The first kappa shape index (κ1) is 22.9. The van der Waals surface area contributed by atoms with E-state index in [2.05, 4.69) is 10.6 Å². The Morgan fingerprint density at radius 2 is 1.16 bits per heavy atom. The van der Waals surface area contributed by atoms with Gasteiger partial charge < -0.3 is 20.1 Å². The zero-order valence-electron chi connectivity index (χ0n) is 18.8. The number of rotatable bonds is 8. The zero-order valence-corrected chi connectivity index (χ0v) is 18.8. The summed E-state index contributed by atoms with van der Waals surface area (Å²) in [5.74, 6) is 0.371. The molecule has 166 valence electrons. The van der Waals surface area contributed by atoms with Gasteiger partial charge in [-0.15, -0.1) is 0 Å². The molecule has 3 aromatic rings. The van der Waals surface area contributed by atoms with Gasteiger partial charge in [0.25, 0.3) is 11.8 Å². The normalized spacial score (nSPS) is 10.4. The van der Waals surface area contributed by atoms with Crippen LogP contribution >= 0.6 is 0 Å². The van der Waals surface area contributed by atoms with E-state index in [4.69, 9.17) is 9.47 Å². The van der Waals surface area contributed by atoms with E-state index in [9.17, 15) is 9.59 Å². The second-order valence-electron chi connectivity index (χ2n) is 7.36. The van der Waals surface area contributed by atoms with E-state index in [0.29, 0.717) is 47.2 Å². The predicted octanol–water partition coefficient (Wildman–Crippen LogP) is 5.61. The van der Waals surface area contributed by atoms with E-state index in [-0.39, 0.29) is 11.8 Å². The number of ether oxygens (including phenoxy) is 2. The van der Waals surface area contributed by atoms with Crippen LogP contribution in [0.3, 0.4) is 0 Å². The van der Waals surface area contributed by atoms with Crippen molar-refractivity contribution in [3.05, 3.63) is 82.9 Å². The first-order valence-electron chi connectivity index (χ1n) is 10.6. The molecule has 2 amide bonds. The summed E-state index contributed by atoms with van der Waals surface area (Å²) in [5.41, 5.74) is 4.04. The van der Waals surface area contributed by atoms with Crippen LogP contribution in [-0.4, -0.2) is 25.0 Å². The van der Waals surface area contributed by atoms with Crippen molar-refractivity contribution in [3.8, 4) is 11.5 Å². The fourth-order valence-corrected chi connectivity index (χ4v) is 3.39. The van der Waals surface area contributed by atoms with Crippen molar-refractivity contribution in [1.29, 1.82) is 0 Å². The van der Waals surface area contributed by atoms with Crippen molar-refractivity contribution < 1.29 is 19.1 Å². The Labute approximate surface area is 188 Å². The molecule has 0 radical (unpaired) electrons. The van der Waals surface area contributed by atoms with Gasteiger partial charge in [-0.3, -0.25) is 9.59 Å². The number of benzene rings is 3. The minimum Gasteiger partial charge on any atom is -0.492 e. The summed E-state index contributed by atoms with van der Waals surface area (Å²) in [6.45, 7) is 8.40. The average Bonchev–Trinajstić information content (AvgIpc) is 2.76. The highest BCUT2D eigenvalue weighted by atomic mass is 16.5. The fraction of sp³-hybridized carbons (Fsp3) is 0.231. The van der Waals surface area contributed by atoms with Gasteiger partial charge in [-0.1, -0.05) is 35.4 Å². The third-order valence-corrected chi connectivity index (χ3v) is 4.70. The summed E-state index contributed by atoms with van der Waals surface area (Å²) in [4.78, 5) is 25.6. The topological polar surface area (TPSA) is 76.7 Å². The number of carbonyl (C=O) groups excluding carboxylic acids is 2. The molecule has 2 N–H and O–H groups in total. The Hall–Kier alpha value is -3.80. The summed E-state index contributed by atoms with van der Waals surface area (Å²) in [6.07, 6.45) is 0.